The van der Waals surface area contributed by atoms with Gasteiger partial charge in [0.1, 0.15) is 10.0 Å². The van der Waals surface area contributed by atoms with Gasteiger partial charge in [-0.2, -0.15) is 19.6 Å². The number of nitrogens with one attached hydrogen (secondary N) is 1. The van der Waals surface area contributed by atoms with E-state index in [9.17, 15) is 9.59 Å². The van der Waals surface area contributed by atoms with Crippen LogP contribution in [0.2, 0.25) is 0 Å². The number of hydrogen-bond donors (Lipinski definition) is 1. The quantitative estimate of drug-likeness (QED) is 0.416. The first-order chi connectivity index (χ1) is 17.7. The van der Waals surface area contributed by atoms with Crippen molar-refractivity contribution in [2.24, 2.45) is 0 Å². The third kappa shape index (κ3) is 5.70. The lowest BCUT2D eigenvalue weighted by Crippen LogP contribution is -2.19. The van der Waals surface area contributed by atoms with Crippen LogP contribution in [0.5, 0.6) is 0 Å². The molecule has 6 rings (SSSR count). The highest BCUT2D eigenvalue weighted by Crippen LogP contribution is 2.32. The van der Waals surface area contributed by atoms with Gasteiger partial charge in [0.15, 0.2) is 0 Å². The molecule has 0 unspecified atom stereocenters. The van der Waals surface area contributed by atoms with Crippen molar-refractivity contribution in [3.05, 3.63) is 104 Å². The molecule has 1 aliphatic heterocycles. The van der Waals surface area contributed by atoms with E-state index in [0.717, 1.165) is 35.9 Å². The van der Waals surface area contributed by atoms with Crippen LogP contribution in [-0.2, 0) is 0 Å². The molecular formula is C27H27N5O2S2. The van der Waals surface area contributed by atoms with Crippen LogP contribution in [0, 0.1) is 0 Å². The molecular weight excluding hydrogens is 490 g/mol. The van der Waals surface area contributed by atoms with E-state index in [2.05, 4.69) is 39.8 Å². The molecule has 5 heterocycles. The van der Waals surface area contributed by atoms with Crippen LogP contribution in [0.1, 0.15) is 41.9 Å². The summed E-state index contributed by atoms with van der Waals surface area (Å²) in [5, 5.41) is 13.2. The van der Waals surface area contributed by atoms with Gasteiger partial charge in [-0.1, -0.05) is 12.2 Å². The van der Waals surface area contributed by atoms with E-state index in [1.54, 1.807) is 47.2 Å². The van der Waals surface area contributed by atoms with E-state index in [-0.39, 0.29) is 11.1 Å². The Balaban J connectivity index is 0.000000148. The molecule has 1 N–H and O–H groups in total. The molecule has 0 atom stereocenters. The second-order valence-corrected chi connectivity index (χ2v) is 10.6. The third-order valence-electron chi connectivity index (χ3n) is 6.02. The molecule has 1 aliphatic carbocycles. The van der Waals surface area contributed by atoms with E-state index in [1.807, 2.05) is 12.1 Å². The molecule has 0 saturated heterocycles. The SMILES string of the molecule is O=c1cccnn1-c1ccc(C2=CCCCC2)s1.O=c1cccnn1-c1ccc(C2=CCNCC2)s1. The van der Waals surface area contributed by atoms with Crippen LogP contribution in [-0.4, -0.2) is 32.7 Å². The summed E-state index contributed by atoms with van der Waals surface area (Å²) < 4.78 is 2.90. The minimum Gasteiger partial charge on any atom is -0.313 e. The number of thiophene rings is 2. The Morgan fingerprint density at radius 1 is 0.722 bits per heavy atom. The van der Waals surface area contributed by atoms with E-state index >= 15 is 0 Å². The van der Waals surface area contributed by atoms with Gasteiger partial charge in [0.05, 0.1) is 0 Å². The standard InChI is InChI=1S/C14H14N2OS.C13H13N3OS/c17-13-7-4-10-15-16(13)14-9-8-12(18-14)11-5-2-1-3-6-11;17-12-2-1-7-15-16(12)13-4-3-11(18-13)10-5-8-14-9-6-10/h4-5,7-10H,1-3,6H2;1-5,7,14H,6,8-9H2. The van der Waals surface area contributed by atoms with Gasteiger partial charge >= 0.3 is 0 Å². The van der Waals surface area contributed by atoms with Crippen molar-refractivity contribution in [3.8, 4) is 10.0 Å². The Morgan fingerprint density at radius 3 is 1.83 bits per heavy atom. The molecule has 0 spiro atoms. The average molecular weight is 518 g/mol. The fourth-order valence-electron chi connectivity index (χ4n) is 4.18. The lowest BCUT2D eigenvalue weighted by atomic mass is 9.99. The molecule has 0 bridgehead atoms. The summed E-state index contributed by atoms with van der Waals surface area (Å²) in [5.74, 6) is 0. The van der Waals surface area contributed by atoms with Gasteiger partial charge in [0.25, 0.3) is 11.1 Å². The van der Waals surface area contributed by atoms with Crippen molar-refractivity contribution in [3.63, 3.8) is 0 Å². The zero-order chi connectivity index (χ0) is 24.7. The zero-order valence-electron chi connectivity index (χ0n) is 19.8. The summed E-state index contributed by atoms with van der Waals surface area (Å²) in [6.45, 7) is 1.94. The van der Waals surface area contributed by atoms with Crippen molar-refractivity contribution in [2.45, 2.75) is 32.1 Å². The first-order valence-electron chi connectivity index (χ1n) is 12.1. The minimum absolute atomic E-state index is 0.0801. The number of nitrogens with zero attached hydrogens (tertiary/aromatic N) is 4. The number of hydrogen-bond acceptors (Lipinski definition) is 7. The fourth-order valence-corrected chi connectivity index (χ4v) is 6.26. The largest absolute Gasteiger partial charge is 0.313 e. The summed E-state index contributed by atoms with van der Waals surface area (Å²) in [5.41, 5.74) is 2.60. The first-order valence-corrected chi connectivity index (χ1v) is 13.7. The van der Waals surface area contributed by atoms with Gasteiger partial charge in [0, 0.05) is 40.8 Å². The Morgan fingerprint density at radius 2 is 1.33 bits per heavy atom. The molecule has 7 nitrogen and oxygen atoms in total. The lowest BCUT2D eigenvalue weighted by Gasteiger charge is -2.11. The molecule has 0 fully saturated rings. The monoisotopic (exact) mass is 517 g/mol. The number of allylic oxidation sites excluding steroid dienone is 2. The van der Waals surface area contributed by atoms with Gasteiger partial charge in [-0.25, -0.2) is 0 Å². The summed E-state index contributed by atoms with van der Waals surface area (Å²) in [6, 6.07) is 14.5. The topological polar surface area (TPSA) is 81.8 Å². The van der Waals surface area contributed by atoms with Gasteiger partial charge < -0.3 is 5.32 Å². The molecule has 0 radical (unpaired) electrons. The Kier molecular flexibility index (Phi) is 7.80. The van der Waals surface area contributed by atoms with Crippen molar-refractivity contribution >= 4 is 33.8 Å². The Bertz CT molecular complexity index is 1390. The van der Waals surface area contributed by atoms with Gasteiger partial charge in [-0.3, -0.25) is 9.59 Å². The highest BCUT2D eigenvalue weighted by atomic mass is 32.1. The number of rotatable bonds is 4. The summed E-state index contributed by atoms with van der Waals surface area (Å²) in [4.78, 5) is 25.9. The lowest BCUT2D eigenvalue weighted by molar-refractivity contribution is 0.739. The van der Waals surface area contributed by atoms with Crippen LogP contribution in [0.3, 0.4) is 0 Å². The summed E-state index contributed by atoms with van der Waals surface area (Å²) >= 11 is 3.25. The summed E-state index contributed by atoms with van der Waals surface area (Å²) in [6.07, 6.45) is 13.7. The van der Waals surface area contributed by atoms with Crippen LogP contribution in [0.25, 0.3) is 21.1 Å². The fraction of sp³-hybridized carbons (Fsp3) is 0.259. The van der Waals surface area contributed by atoms with Crippen LogP contribution < -0.4 is 16.4 Å². The number of aromatic nitrogens is 4. The highest BCUT2D eigenvalue weighted by molar-refractivity contribution is 7.15. The Labute approximate surface area is 217 Å². The van der Waals surface area contributed by atoms with E-state index in [1.165, 1.54) is 61.7 Å². The second-order valence-electron chi connectivity index (χ2n) is 8.48. The maximum Gasteiger partial charge on any atom is 0.272 e. The molecule has 0 aromatic carbocycles. The van der Waals surface area contributed by atoms with Crippen molar-refractivity contribution in [1.82, 2.24) is 24.9 Å². The van der Waals surface area contributed by atoms with Crippen LogP contribution >= 0.6 is 22.7 Å². The molecule has 36 heavy (non-hydrogen) atoms. The molecule has 9 heteroatoms. The van der Waals surface area contributed by atoms with Gasteiger partial charge in [-0.15, -0.1) is 22.7 Å². The Hall–Kier alpha value is -3.40. The molecule has 184 valence electrons. The first kappa shape index (κ1) is 24.3. The maximum atomic E-state index is 11.7. The predicted molar refractivity (Wildman–Crippen MR) is 147 cm³/mol. The highest BCUT2D eigenvalue weighted by Gasteiger charge is 2.11. The smallest absolute Gasteiger partial charge is 0.272 e. The van der Waals surface area contributed by atoms with E-state index in [4.69, 9.17) is 0 Å². The van der Waals surface area contributed by atoms with Crippen molar-refractivity contribution in [1.29, 1.82) is 0 Å². The molecule has 2 aliphatic rings. The molecule has 0 saturated carbocycles. The molecule has 4 aromatic heterocycles. The third-order valence-corrected chi connectivity index (χ3v) is 8.29. The average Bonchev–Trinajstić information content (AvgIpc) is 3.62. The van der Waals surface area contributed by atoms with Gasteiger partial charge in [0.2, 0.25) is 0 Å². The normalized spacial score (nSPS) is 15.4. The predicted octanol–water partition coefficient (Wildman–Crippen LogP) is 4.92. The van der Waals surface area contributed by atoms with Crippen molar-refractivity contribution in [2.75, 3.05) is 13.1 Å². The molecule has 0 amide bonds. The second kappa shape index (κ2) is 11.6. The van der Waals surface area contributed by atoms with Gasteiger partial charge in [-0.05, 0) is 86.2 Å². The molecule has 4 aromatic rings. The van der Waals surface area contributed by atoms with Crippen molar-refractivity contribution < 1.29 is 0 Å². The van der Waals surface area contributed by atoms with E-state index in [0.29, 0.717) is 0 Å². The van der Waals surface area contributed by atoms with E-state index < -0.39 is 0 Å². The maximum absolute atomic E-state index is 11.7. The minimum atomic E-state index is -0.0924. The summed E-state index contributed by atoms with van der Waals surface area (Å²) in [7, 11) is 0. The zero-order valence-corrected chi connectivity index (χ0v) is 21.4. The van der Waals surface area contributed by atoms with Crippen LogP contribution in [0.15, 0.2) is 82.7 Å². The van der Waals surface area contributed by atoms with Crippen LogP contribution in [0.4, 0.5) is 0 Å².